The number of fused-ring (bicyclic) bond motifs is 2. The number of imide groups is 2. The molecule has 2 heterocycles. The Morgan fingerprint density at radius 2 is 0.661 bits per heavy atom. The van der Waals surface area contributed by atoms with Gasteiger partial charge < -0.3 is 11.5 Å². The molecule has 0 aliphatic carbocycles. The first kappa shape index (κ1) is 39.5. The molecule has 7 aromatic rings. The molecule has 62 heavy (non-hydrogen) atoms. The van der Waals surface area contributed by atoms with E-state index in [2.05, 4.69) is 0 Å². The van der Waals surface area contributed by atoms with Crippen LogP contribution in [0.2, 0.25) is 0 Å². The molecular weight excluding hydrogens is 811 g/mol. The summed E-state index contributed by atoms with van der Waals surface area (Å²) < 4.78 is 88.5. The van der Waals surface area contributed by atoms with E-state index in [9.17, 15) is 45.5 Å². The zero-order valence-corrected chi connectivity index (χ0v) is 31.8. The van der Waals surface area contributed by atoms with E-state index in [-0.39, 0.29) is 39.1 Å². The van der Waals surface area contributed by atoms with Crippen LogP contribution in [0.15, 0.2) is 146 Å². The van der Waals surface area contributed by atoms with Gasteiger partial charge in [-0.3, -0.25) is 19.2 Å². The number of carbonyl (C=O) groups is 4. The molecule has 0 unspecified atom stereocenters. The Morgan fingerprint density at radius 3 is 1.15 bits per heavy atom. The number of nitrogens with zero attached hydrogens (tertiary/aromatic N) is 2. The standard InChI is InChI=1S/C48H28F6N4O4/c49-47(50,51)41-23-30(9-17-35(41)27-5-14-33(15-6-27)57-43(59)37-18-7-28(21-39(37)45(57)61)25-1-10-31(55)11-2-25)36-20-16-34(24-42(36)48(52,53)54)58-44(60)38-19-8-29(22-40(38)46(58)62)26-3-12-32(56)13-4-26/h1-24H,55-56H2. The minimum atomic E-state index is -5.12. The monoisotopic (exact) mass is 838 g/mol. The van der Waals surface area contributed by atoms with Crippen molar-refractivity contribution >= 4 is 46.4 Å². The van der Waals surface area contributed by atoms with Crippen LogP contribution in [-0.2, 0) is 12.4 Å². The summed E-state index contributed by atoms with van der Waals surface area (Å²) in [6.45, 7) is 0. The van der Waals surface area contributed by atoms with E-state index in [1.54, 1.807) is 66.7 Å². The highest BCUT2D eigenvalue weighted by molar-refractivity contribution is 6.35. The zero-order valence-electron chi connectivity index (χ0n) is 31.8. The van der Waals surface area contributed by atoms with E-state index in [0.717, 1.165) is 34.7 Å². The second-order valence-corrected chi connectivity index (χ2v) is 14.7. The van der Waals surface area contributed by atoms with Crippen molar-refractivity contribution in [3.05, 3.63) is 179 Å². The zero-order chi connectivity index (χ0) is 43.8. The molecule has 0 radical (unpaired) electrons. The molecule has 0 atom stereocenters. The Balaban J connectivity index is 1.02. The number of hydrogen-bond acceptors (Lipinski definition) is 6. The Bertz CT molecular complexity index is 3030. The first-order valence-electron chi connectivity index (χ1n) is 18.8. The average molecular weight is 839 g/mol. The van der Waals surface area contributed by atoms with E-state index in [4.69, 9.17) is 11.5 Å². The summed E-state index contributed by atoms with van der Waals surface area (Å²) in [4.78, 5) is 55.4. The van der Waals surface area contributed by atoms with Gasteiger partial charge in [0.2, 0.25) is 0 Å². The molecule has 0 saturated heterocycles. The molecule has 0 saturated carbocycles. The van der Waals surface area contributed by atoms with Crippen LogP contribution in [0.3, 0.4) is 0 Å². The second kappa shape index (κ2) is 14.3. The van der Waals surface area contributed by atoms with Gasteiger partial charge in [0, 0.05) is 11.4 Å². The van der Waals surface area contributed by atoms with Crippen LogP contribution < -0.4 is 21.3 Å². The molecule has 0 aromatic heterocycles. The number of alkyl halides is 6. The normalized spacial score (nSPS) is 13.8. The van der Waals surface area contributed by atoms with Crippen LogP contribution in [0.4, 0.5) is 49.1 Å². The van der Waals surface area contributed by atoms with Crippen LogP contribution in [0.1, 0.15) is 52.6 Å². The van der Waals surface area contributed by atoms with E-state index in [0.29, 0.717) is 45.1 Å². The van der Waals surface area contributed by atoms with Crippen molar-refractivity contribution in [2.45, 2.75) is 12.4 Å². The van der Waals surface area contributed by atoms with Crippen molar-refractivity contribution in [2.24, 2.45) is 0 Å². The molecule has 9 rings (SSSR count). The lowest BCUT2D eigenvalue weighted by molar-refractivity contribution is -0.137. The number of anilines is 4. The molecule has 4 amide bonds. The van der Waals surface area contributed by atoms with Crippen molar-refractivity contribution in [3.63, 3.8) is 0 Å². The van der Waals surface area contributed by atoms with Crippen molar-refractivity contribution in [1.82, 2.24) is 0 Å². The molecule has 2 aliphatic rings. The lowest BCUT2D eigenvalue weighted by atomic mass is 9.92. The highest BCUT2D eigenvalue weighted by atomic mass is 19.4. The number of carbonyl (C=O) groups excluding carboxylic acids is 4. The minimum Gasteiger partial charge on any atom is -0.399 e. The van der Waals surface area contributed by atoms with Crippen molar-refractivity contribution in [3.8, 4) is 44.5 Å². The maximum Gasteiger partial charge on any atom is 0.417 e. The van der Waals surface area contributed by atoms with Crippen LogP contribution in [0.25, 0.3) is 44.5 Å². The minimum absolute atomic E-state index is 0.00596. The summed E-state index contributed by atoms with van der Waals surface area (Å²) in [5.74, 6) is -2.99. The number of nitrogens with two attached hydrogens (primary N) is 2. The third-order valence-corrected chi connectivity index (χ3v) is 10.9. The van der Waals surface area contributed by atoms with Gasteiger partial charge in [-0.2, -0.15) is 26.3 Å². The number of hydrogen-bond donors (Lipinski definition) is 2. The Labute approximate surface area is 348 Å². The fourth-order valence-electron chi connectivity index (χ4n) is 7.81. The van der Waals surface area contributed by atoms with Crippen LogP contribution in [0.5, 0.6) is 0 Å². The Morgan fingerprint density at radius 1 is 0.323 bits per heavy atom. The van der Waals surface area contributed by atoms with Crippen molar-refractivity contribution in [1.29, 1.82) is 0 Å². The topological polar surface area (TPSA) is 127 Å². The van der Waals surface area contributed by atoms with Gasteiger partial charge in [0.25, 0.3) is 23.6 Å². The van der Waals surface area contributed by atoms with Gasteiger partial charge in [0.1, 0.15) is 0 Å². The number of nitrogen functional groups attached to an aromatic ring is 2. The quantitative estimate of drug-likeness (QED) is 0.0975. The largest absolute Gasteiger partial charge is 0.417 e. The van der Waals surface area contributed by atoms with Gasteiger partial charge >= 0.3 is 12.4 Å². The lowest BCUT2D eigenvalue weighted by Crippen LogP contribution is -2.29. The van der Waals surface area contributed by atoms with Gasteiger partial charge in [0.05, 0.1) is 44.8 Å². The van der Waals surface area contributed by atoms with Crippen molar-refractivity contribution in [2.75, 3.05) is 21.3 Å². The Kier molecular flexibility index (Phi) is 9.12. The second-order valence-electron chi connectivity index (χ2n) is 14.7. The predicted octanol–water partition coefficient (Wildman–Crippen LogP) is 11.2. The lowest BCUT2D eigenvalue weighted by Gasteiger charge is -2.20. The molecule has 7 aromatic carbocycles. The number of amides is 4. The summed E-state index contributed by atoms with van der Waals surface area (Å²) in [6, 6.07) is 33.3. The molecule has 0 fully saturated rings. The number of halogens is 6. The van der Waals surface area contributed by atoms with Gasteiger partial charge in [-0.15, -0.1) is 0 Å². The molecule has 0 spiro atoms. The Hall–Kier alpha value is -8.00. The van der Waals surface area contributed by atoms with Crippen molar-refractivity contribution < 1.29 is 45.5 Å². The van der Waals surface area contributed by atoms with E-state index < -0.39 is 63.9 Å². The third-order valence-electron chi connectivity index (χ3n) is 10.9. The average Bonchev–Trinajstić information content (AvgIpc) is 3.66. The molecule has 2 aliphatic heterocycles. The van der Waals surface area contributed by atoms with E-state index >= 15 is 0 Å². The van der Waals surface area contributed by atoms with Gasteiger partial charge in [-0.1, -0.05) is 66.7 Å². The highest BCUT2D eigenvalue weighted by Crippen LogP contribution is 2.45. The first-order valence-corrected chi connectivity index (χ1v) is 18.8. The molecule has 14 heteroatoms. The maximum atomic E-state index is 14.7. The van der Waals surface area contributed by atoms with E-state index in [1.807, 2.05) is 0 Å². The number of rotatable bonds is 6. The summed E-state index contributed by atoms with van der Waals surface area (Å²) in [7, 11) is 0. The summed E-state index contributed by atoms with van der Waals surface area (Å²) in [6.07, 6.45) is -10.2. The fraction of sp³-hybridized carbons (Fsp3) is 0.0417. The van der Waals surface area contributed by atoms with Crippen LogP contribution in [-0.4, -0.2) is 23.6 Å². The summed E-state index contributed by atoms with van der Waals surface area (Å²) >= 11 is 0. The number of benzene rings is 7. The van der Waals surface area contributed by atoms with Gasteiger partial charge in [-0.25, -0.2) is 9.80 Å². The SMILES string of the molecule is Nc1ccc(-c2ccc3c(c2)C(=O)N(c2ccc(-c4ccc(-c5ccc(N6C(=O)c7ccc(-c8ccc(N)cc8)cc7C6=O)cc5C(F)(F)F)cc4C(F)(F)F)cc2)C3=O)cc1. The van der Waals surface area contributed by atoms with E-state index in [1.165, 1.54) is 42.5 Å². The summed E-state index contributed by atoms with van der Waals surface area (Å²) in [5.41, 5.74) is 11.1. The summed E-state index contributed by atoms with van der Waals surface area (Å²) in [5, 5.41) is 0. The maximum absolute atomic E-state index is 14.7. The molecule has 0 bridgehead atoms. The van der Waals surface area contributed by atoms with Crippen LogP contribution >= 0.6 is 0 Å². The molecule has 4 N–H and O–H groups in total. The first-order chi connectivity index (χ1) is 29.5. The smallest absolute Gasteiger partial charge is 0.399 e. The van der Waals surface area contributed by atoms with Gasteiger partial charge in [0.15, 0.2) is 0 Å². The fourth-order valence-corrected chi connectivity index (χ4v) is 7.81. The molecular formula is C48H28F6N4O4. The molecule has 306 valence electrons. The predicted molar refractivity (Wildman–Crippen MR) is 222 cm³/mol. The van der Waals surface area contributed by atoms with Crippen LogP contribution in [0, 0.1) is 0 Å². The van der Waals surface area contributed by atoms with Gasteiger partial charge in [-0.05, 0) is 123 Å². The third kappa shape index (κ3) is 6.71. The molecule has 8 nitrogen and oxygen atoms in total. The highest BCUT2D eigenvalue weighted by Gasteiger charge is 2.41.